The number of hydrogen-bond acceptors (Lipinski definition) is 4. The van der Waals surface area contributed by atoms with Crippen LogP contribution in [0.4, 0.5) is 5.69 Å². The predicted octanol–water partition coefficient (Wildman–Crippen LogP) is 2.80. The number of amides is 1. The number of rotatable bonds is 6. The Bertz CT molecular complexity index is 720. The number of piperidine rings is 1. The molecule has 25 heavy (non-hydrogen) atoms. The molecule has 130 valence electrons. The number of methoxy groups -OCH3 is 1. The Kier molecular flexibility index (Phi) is 4.40. The Morgan fingerprint density at radius 3 is 2.64 bits per heavy atom. The van der Waals surface area contributed by atoms with Crippen LogP contribution in [0, 0.1) is 17.8 Å². The molecule has 1 aromatic carbocycles. The number of carbonyl (C=O) groups excluding carboxylic acids is 1. The van der Waals surface area contributed by atoms with Crippen molar-refractivity contribution in [3.63, 3.8) is 0 Å². The summed E-state index contributed by atoms with van der Waals surface area (Å²) >= 11 is 0. The highest BCUT2D eigenvalue weighted by Gasteiger charge is 2.55. The van der Waals surface area contributed by atoms with Crippen LogP contribution >= 0.6 is 0 Å². The lowest BCUT2D eigenvalue weighted by atomic mass is 10.1. The van der Waals surface area contributed by atoms with Gasteiger partial charge in [0.1, 0.15) is 5.75 Å². The maximum atomic E-state index is 12.2. The van der Waals surface area contributed by atoms with E-state index < -0.39 is 0 Å². The number of ether oxygens (including phenoxy) is 1. The Morgan fingerprint density at radius 1 is 1.24 bits per heavy atom. The van der Waals surface area contributed by atoms with Crippen LogP contribution in [-0.2, 0) is 11.3 Å². The highest BCUT2D eigenvalue weighted by atomic mass is 16.5. The van der Waals surface area contributed by atoms with Crippen LogP contribution in [0.15, 0.2) is 48.8 Å². The third kappa shape index (κ3) is 3.66. The highest BCUT2D eigenvalue weighted by molar-refractivity contribution is 5.90. The van der Waals surface area contributed by atoms with E-state index in [-0.39, 0.29) is 5.91 Å². The molecule has 1 saturated carbocycles. The second-order valence-corrected chi connectivity index (χ2v) is 7.03. The second-order valence-electron chi connectivity index (χ2n) is 7.03. The topological polar surface area (TPSA) is 54.5 Å². The third-order valence-corrected chi connectivity index (χ3v) is 5.38. The standard InChI is InChI=1S/C20H23N3O2/c1-25-16-6-4-14(5-7-16)11-23-12-18-17(19(18)13-23)9-20(24)22-15-3-2-8-21-10-15/h2-8,10,17-19H,9,11-13H2,1H3,(H,22,24)/t17?,18-,19+. The van der Waals surface area contributed by atoms with Gasteiger partial charge in [0.15, 0.2) is 0 Å². The molecule has 5 heteroatoms. The molecule has 2 aliphatic rings. The van der Waals surface area contributed by atoms with E-state index in [2.05, 4.69) is 27.3 Å². The molecule has 5 nitrogen and oxygen atoms in total. The van der Waals surface area contributed by atoms with Gasteiger partial charge in [-0.1, -0.05) is 12.1 Å². The number of carbonyl (C=O) groups is 1. The van der Waals surface area contributed by atoms with Crippen molar-refractivity contribution in [3.05, 3.63) is 54.4 Å². The van der Waals surface area contributed by atoms with Gasteiger partial charge in [0.05, 0.1) is 19.0 Å². The van der Waals surface area contributed by atoms with Gasteiger partial charge in [-0.3, -0.25) is 14.7 Å². The third-order valence-electron chi connectivity index (χ3n) is 5.38. The second kappa shape index (κ2) is 6.84. The number of likely N-dealkylation sites (tertiary alicyclic amines) is 1. The molecule has 0 radical (unpaired) electrons. The SMILES string of the molecule is COc1ccc(CN2C[C@@H]3C(CC(=O)Nc4cccnc4)[C@@H]3C2)cc1. The zero-order valence-electron chi connectivity index (χ0n) is 14.4. The molecule has 0 bridgehead atoms. The molecule has 1 aromatic heterocycles. The number of nitrogens with zero attached hydrogens (tertiary/aromatic N) is 2. The van der Waals surface area contributed by atoms with Crippen molar-refractivity contribution in [3.8, 4) is 5.75 Å². The number of anilines is 1. The molecule has 2 aromatic rings. The fourth-order valence-corrected chi connectivity index (χ4v) is 4.02. The molecule has 2 heterocycles. The minimum atomic E-state index is 0.106. The zero-order chi connectivity index (χ0) is 17.2. The van der Waals surface area contributed by atoms with Crippen molar-refractivity contribution in [1.29, 1.82) is 0 Å². The fraction of sp³-hybridized carbons (Fsp3) is 0.400. The van der Waals surface area contributed by atoms with E-state index >= 15 is 0 Å². The van der Waals surface area contributed by atoms with Crippen LogP contribution in [0.1, 0.15) is 12.0 Å². The van der Waals surface area contributed by atoms with E-state index in [1.54, 1.807) is 19.5 Å². The minimum Gasteiger partial charge on any atom is -0.497 e. The summed E-state index contributed by atoms with van der Waals surface area (Å²) in [5, 5.41) is 2.94. The van der Waals surface area contributed by atoms with E-state index in [1.165, 1.54) is 5.56 Å². The number of pyridine rings is 1. The monoisotopic (exact) mass is 337 g/mol. The lowest BCUT2D eigenvalue weighted by Gasteiger charge is -2.19. The highest BCUT2D eigenvalue weighted by Crippen LogP contribution is 2.53. The molecular formula is C20H23N3O2. The van der Waals surface area contributed by atoms with Crippen LogP contribution in [-0.4, -0.2) is 36.0 Å². The maximum Gasteiger partial charge on any atom is 0.224 e. The van der Waals surface area contributed by atoms with Gasteiger partial charge in [0, 0.05) is 32.3 Å². The van der Waals surface area contributed by atoms with E-state index in [0.29, 0.717) is 24.2 Å². The molecule has 1 aliphatic carbocycles. The van der Waals surface area contributed by atoms with Gasteiger partial charge in [0.2, 0.25) is 5.91 Å². The number of benzene rings is 1. The van der Waals surface area contributed by atoms with Crippen molar-refractivity contribution in [2.75, 3.05) is 25.5 Å². The minimum absolute atomic E-state index is 0.106. The number of nitrogens with one attached hydrogen (secondary N) is 1. The first kappa shape index (κ1) is 16.1. The Hall–Kier alpha value is -2.40. The zero-order valence-corrected chi connectivity index (χ0v) is 14.4. The number of fused-ring (bicyclic) bond motifs is 1. The summed E-state index contributed by atoms with van der Waals surface area (Å²) in [6.07, 6.45) is 4.02. The van der Waals surface area contributed by atoms with Crippen LogP contribution < -0.4 is 10.1 Å². The summed E-state index contributed by atoms with van der Waals surface area (Å²) in [5.41, 5.74) is 2.09. The molecule has 1 N–H and O–H groups in total. The first-order valence-corrected chi connectivity index (χ1v) is 8.78. The van der Waals surface area contributed by atoms with E-state index in [4.69, 9.17) is 4.74 Å². The summed E-state index contributed by atoms with van der Waals surface area (Å²) in [5.74, 6) is 2.90. The van der Waals surface area contributed by atoms with Crippen molar-refractivity contribution in [2.24, 2.45) is 17.8 Å². The van der Waals surface area contributed by atoms with Crippen molar-refractivity contribution >= 4 is 11.6 Å². The summed E-state index contributed by atoms with van der Waals surface area (Å²) in [6, 6.07) is 12.0. The molecule has 1 unspecified atom stereocenters. The summed E-state index contributed by atoms with van der Waals surface area (Å²) in [6.45, 7) is 3.18. The molecule has 4 rings (SSSR count). The Labute approximate surface area is 148 Å². The van der Waals surface area contributed by atoms with Gasteiger partial charge in [-0.05, 0) is 47.6 Å². The molecular weight excluding hydrogens is 314 g/mol. The lowest BCUT2D eigenvalue weighted by Crippen LogP contribution is -2.25. The first-order valence-electron chi connectivity index (χ1n) is 8.78. The summed E-state index contributed by atoms with van der Waals surface area (Å²) in [7, 11) is 1.69. The van der Waals surface area contributed by atoms with Gasteiger partial charge in [0.25, 0.3) is 0 Å². The van der Waals surface area contributed by atoms with Crippen molar-refractivity contribution in [1.82, 2.24) is 9.88 Å². The van der Waals surface area contributed by atoms with E-state index in [9.17, 15) is 4.79 Å². The Balaban J connectivity index is 1.23. The molecule has 2 fully saturated rings. The van der Waals surface area contributed by atoms with Crippen molar-refractivity contribution < 1.29 is 9.53 Å². The smallest absolute Gasteiger partial charge is 0.224 e. The summed E-state index contributed by atoms with van der Waals surface area (Å²) < 4.78 is 5.20. The fourth-order valence-electron chi connectivity index (χ4n) is 4.02. The molecule has 1 saturated heterocycles. The Morgan fingerprint density at radius 2 is 2.00 bits per heavy atom. The maximum absolute atomic E-state index is 12.2. The largest absolute Gasteiger partial charge is 0.497 e. The predicted molar refractivity (Wildman–Crippen MR) is 96.2 cm³/mol. The molecule has 1 amide bonds. The average molecular weight is 337 g/mol. The van der Waals surface area contributed by atoms with Gasteiger partial charge in [-0.2, -0.15) is 0 Å². The van der Waals surface area contributed by atoms with Gasteiger partial charge in [-0.25, -0.2) is 0 Å². The summed E-state index contributed by atoms with van der Waals surface area (Å²) in [4.78, 5) is 18.7. The van der Waals surface area contributed by atoms with E-state index in [1.807, 2.05) is 24.3 Å². The van der Waals surface area contributed by atoms with Gasteiger partial charge < -0.3 is 10.1 Å². The van der Waals surface area contributed by atoms with Crippen molar-refractivity contribution in [2.45, 2.75) is 13.0 Å². The van der Waals surface area contributed by atoms with E-state index in [0.717, 1.165) is 31.1 Å². The van der Waals surface area contributed by atoms with Crippen LogP contribution in [0.2, 0.25) is 0 Å². The van der Waals surface area contributed by atoms with Crippen LogP contribution in [0.25, 0.3) is 0 Å². The van der Waals surface area contributed by atoms with Crippen LogP contribution in [0.5, 0.6) is 5.75 Å². The van der Waals surface area contributed by atoms with Crippen LogP contribution in [0.3, 0.4) is 0 Å². The van der Waals surface area contributed by atoms with Gasteiger partial charge >= 0.3 is 0 Å². The molecule has 0 spiro atoms. The number of hydrogen-bond donors (Lipinski definition) is 1. The van der Waals surface area contributed by atoms with Gasteiger partial charge in [-0.15, -0.1) is 0 Å². The average Bonchev–Trinajstić information content (AvgIpc) is 3.07. The number of aromatic nitrogens is 1. The molecule has 3 atom stereocenters. The first-order chi connectivity index (χ1) is 12.2. The normalized spacial score (nSPS) is 24.6. The molecule has 1 aliphatic heterocycles. The lowest BCUT2D eigenvalue weighted by molar-refractivity contribution is -0.116. The quantitative estimate of drug-likeness (QED) is 0.881.